The number of rotatable bonds is 7. The zero-order valence-corrected chi connectivity index (χ0v) is 20.9. The van der Waals surface area contributed by atoms with Gasteiger partial charge < -0.3 is 20.3 Å². The molecule has 34 heavy (non-hydrogen) atoms. The Balaban J connectivity index is 0.00000158. The van der Waals surface area contributed by atoms with Gasteiger partial charge in [-0.25, -0.2) is 9.97 Å². The van der Waals surface area contributed by atoms with Gasteiger partial charge in [-0.2, -0.15) is 8.78 Å². The molecule has 0 atom stereocenters. The number of hydrogen-bond donors (Lipinski definition) is 3. The predicted octanol–water partition coefficient (Wildman–Crippen LogP) is 5.43. The molecule has 0 aliphatic heterocycles. The number of alkyl halides is 2. The molecule has 178 valence electrons. The first-order valence-corrected chi connectivity index (χ1v) is 12.5. The summed E-state index contributed by atoms with van der Waals surface area (Å²) in [5.41, 5.74) is 2.56. The average molecular weight is 570 g/mol. The quantitative estimate of drug-likeness (QED) is 0.200. The first-order valence-electron chi connectivity index (χ1n) is 9.65. The topological polar surface area (TPSA) is 119 Å². The van der Waals surface area contributed by atoms with Gasteiger partial charge in [0.05, 0.1) is 9.58 Å². The standard InChI is InChI=1S/C21H14BrF2N2O4PS.CH5N/c22-17-15-8-13(10-27)9-16(18(15)32-19(17)21(23,24)31(28)29)30-11-12-2-4-14(5-3-12)20-25-6-1-7-26-20;1-2/h1-10,28-29H,11H2;2H2,1H3. The number of carbonyl (C=O) groups excluding carboxylic acids is 1. The van der Waals surface area contributed by atoms with Gasteiger partial charge in [0.15, 0.2) is 5.82 Å². The Morgan fingerprint density at radius 2 is 1.82 bits per heavy atom. The lowest BCUT2D eigenvalue weighted by Gasteiger charge is -2.15. The van der Waals surface area contributed by atoms with E-state index in [1.165, 1.54) is 19.2 Å². The normalized spacial score (nSPS) is 11.3. The van der Waals surface area contributed by atoms with Gasteiger partial charge in [0, 0.05) is 33.4 Å². The lowest BCUT2D eigenvalue weighted by Crippen LogP contribution is -2.08. The van der Waals surface area contributed by atoms with Crippen LogP contribution in [0.5, 0.6) is 5.75 Å². The van der Waals surface area contributed by atoms with Gasteiger partial charge in [-0.1, -0.05) is 24.3 Å². The lowest BCUT2D eigenvalue weighted by atomic mass is 10.1. The molecule has 4 aromatic rings. The number of nitrogens with zero attached hydrogens (tertiary/aromatic N) is 2. The van der Waals surface area contributed by atoms with E-state index in [-0.39, 0.29) is 22.4 Å². The minimum Gasteiger partial charge on any atom is -0.487 e. The third-order valence-electron chi connectivity index (χ3n) is 4.55. The molecule has 0 aliphatic rings. The van der Waals surface area contributed by atoms with E-state index in [1.807, 2.05) is 24.3 Å². The number of benzene rings is 2. The molecular formula is C22H19BrF2N3O4PS. The molecule has 0 unspecified atom stereocenters. The fourth-order valence-corrected chi connectivity index (χ4v) is 5.76. The lowest BCUT2D eigenvalue weighted by molar-refractivity contribution is 0.0766. The van der Waals surface area contributed by atoms with Crippen molar-refractivity contribution in [1.29, 1.82) is 0 Å². The van der Waals surface area contributed by atoms with Gasteiger partial charge >= 0.3 is 5.66 Å². The van der Waals surface area contributed by atoms with Crippen molar-refractivity contribution in [2.24, 2.45) is 5.73 Å². The van der Waals surface area contributed by atoms with E-state index in [1.54, 1.807) is 18.5 Å². The second kappa shape index (κ2) is 11.4. The van der Waals surface area contributed by atoms with Crippen LogP contribution in [0.4, 0.5) is 8.78 Å². The van der Waals surface area contributed by atoms with Crippen molar-refractivity contribution >= 4 is 52.0 Å². The largest absolute Gasteiger partial charge is 0.487 e. The van der Waals surface area contributed by atoms with Crippen LogP contribution in [0.1, 0.15) is 20.8 Å². The number of fused-ring (bicyclic) bond motifs is 1. The summed E-state index contributed by atoms with van der Waals surface area (Å²) in [6, 6.07) is 12.0. The van der Waals surface area contributed by atoms with E-state index in [0.717, 1.165) is 11.1 Å². The second-order valence-corrected chi connectivity index (χ2v) is 9.60. The summed E-state index contributed by atoms with van der Waals surface area (Å²) >= 11 is 3.80. The molecule has 0 spiro atoms. The van der Waals surface area contributed by atoms with Crippen LogP contribution in [-0.4, -0.2) is 33.1 Å². The zero-order chi connectivity index (χ0) is 24.9. The van der Waals surface area contributed by atoms with Gasteiger partial charge in [0.2, 0.25) is 8.38 Å². The fourth-order valence-electron chi connectivity index (χ4n) is 2.98. The molecule has 0 aliphatic carbocycles. The van der Waals surface area contributed by atoms with Crippen LogP contribution in [0.15, 0.2) is 59.3 Å². The molecule has 0 radical (unpaired) electrons. The molecule has 0 saturated heterocycles. The Labute approximate surface area is 207 Å². The molecule has 12 heteroatoms. The van der Waals surface area contributed by atoms with E-state index >= 15 is 0 Å². The van der Waals surface area contributed by atoms with Crippen molar-refractivity contribution in [3.05, 3.63) is 75.3 Å². The van der Waals surface area contributed by atoms with Gasteiger partial charge in [0.25, 0.3) is 0 Å². The van der Waals surface area contributed by atoms with E-state index in [2.05, 4.69) is 31.6 Å². The van der Waals surface area contributed by atoms with Gasteiger partial charge in [-0.3, -0.25) is 4.79 Å². The van der Waals surface area contributed by atoms with E-state index in [9.17, 15) is 13.6 Å². The highest BCUT2D eigenvalue weighted by atomic mass is 79.9. The molecule has 2 aromatic carbocycles. The number of thiophene rings is 1. The fraction of sp³-hybridized carbons (Fsp3) is 0.136. The molecule has 0 amide bonds. The summed E-state index contributed by atoms with van der Waals surface area (Å²) in [4.78, 5) is 37.6. The van der Waals surface area contributed by atoms with Crippen LogP contribution in [0.3, 0.4) is 0 Å². The number of halogens is 3. The summed E-state index contributed by atoms with van der Waals surface area (Å²) in [6.45, 7) is 0.126. The molecule has 4 rings (SSSR count). The average Bonchev–Trinajstić information content (AvgIpc) is 3.21. The minimum absolute atomic E-state index is 0.00105. The Morgan fingerprint density at radius 1 is 1.18 bits per heavy atom. The number of aldehydes is 1. The van der Waals surface area contributed by atoms with E-state index < -0.39 is 18.9 Å². The third-order valence-corrected chi connectivity index (χ3v) is 7.80. The number of carbonyl (C=O) groups is 1. The Bertz CT molecular complexity index is 1270. The van der Waals surface area contributed by atoms with Gasteiger partial charge in [-0.05, 0) is 46.7 Å². The highest BCUT2D eigenvalue weighted by Gasteiger charge is 2.45. The molecule has 2 heterocycles. The highest BCUT2D eigenvalue weighted by molar-refractivity contribution is 9.10. The Hall–Kier alpha value is -2.40. The number of aromatic nitrogens is 2. The van der Waals surface area contributed by atoms with Crippen molar-refractivity contribution in [2.45, 2.75) is 12.3 Å². The van der Waals surface area contributed by atoms with Crippen LogP contribution < -0.4 is 10.5 Å². The molecule has 7 nitrogen and oxygen atoms in total. The van der Waals surface area contributed by atoms with Gasteiger partial charge in [0.1, 0.15) is 18.6 Å². The molecule has 4 N–H and O–H groups in total. The molecule has 0 bridgehead atoms. The van der Waals surface area contributed by atoms with Crippen molar-refractivity contribution in [1.82, 2.24) is 9.97 Å². The first-order chi connectivity index (χ1) is 16.3. The summed E-state index contributed by atoms with van der Waals surface area (Å²) in [5.74, 6) is 0.831. The summed E-state index contributed by atoms with van der Waals surface area (Å²) in [7, 11) is -2.03. The van der Waals surface area contributed by atoms with Crippen molar-refractivity contribution in [3.63, 3.8) is 0 Å². The van der Waals surface area contributed by atoms with E-state index in [4.69, 9.17) is 14.5 Å². The molecule has 0 fully saturated rings. The Kier molecular flexibility index (Phi) is 8.75. The second-order valence-electron chi connectivity index (χ2n) is 6.65. The maximum atomic E-state index is 14.3. The minimum atomic E-state index is -3.83. The van der Waals surface area contributed by atoms with Crippen molar-refractivity contribution in [3.8, 4) is 17.1 Å². The van der Waals surface area contributed by atoms with Gasteiger partial charge in [-0.15, -0.1) is 11.3 Å². The molecular weight excluding hydrogens is 551 g/mol. The Morgan fingerprint density at radius 3 is 2.41 bits per heavy atom. The molecule has 2 aromatic heterocycles. The van der Waals surface area contributed by atoms with Crippen LogP contribution in [0, 0.1) is 0 Å². The predicted molar refractivity (Wildman–Crippen MR) is 132 cm³/mol. The smallest absolute Gasteiger partial charge is 0.349 e. The zero-order valence-electron chi connectivity index (χ0n) is 17.7. The van der Waals surface area contributed by atoms with Crippen LogP contribution >= 0.6 is 35.6 Å². The number of hydrogen-bond acceptors (Lipinski definition) is 8. The SMILES string of the molecule is CN.O=Cc1cc(OCc2ccc(-c3ncccn3)cc2)c2sc(C(F)(F)P(O)O)c(Br)c2c1. The number of ether oxygens (including phenoxy) is 1. The molecule has 0 saturated carbocycles. The summed E-state index contributed by atoms with van der Waals surface area (Å²) < 4.78 is 34.9. The third kappa shape index (κ3) is 5.46. The van der Waals surface area contributed by atoms with Crippen molar-refractivity contribution in [2.75, 3.05) is 7.05 Å². The van der Waals surface area contributed by atoms with E-state index in [0.29, 0.717) is 33.5 Å². The monoisotopic (exact) mass is 569 g/mol. The highest BCUT2D eigenvalue weighted by Crippen LogP contribution is 2.58. The first kappa shape index (κ1) is 26.2. The van der Waals surface area contributed by atoms with Crippen LogP contribution in [0.2, 0.25) is 0 Å². The van der Waals surface area contributed by atoms with Crippen LogP contribution in [0.25, 0.3) is 21.5 Å². The van der Waals surface area contributed by atoms with Crippen molar-refractivity contribution < 1.29 is 28.1 Å². The summed E-state index contributed by atoms with van der Waals surface area (Å²) in [5, 5.41) is 0.331. The summed E-state index contributed by atoms with van der Waals surface area (Å²) in [6.07, 6.45) is 3.89. The van der Waals surface area contributed by atoms with Crippen LogP contribution in [-0.2, 0) is 12.3 Å². The number of nitrogens with two attached hydrogens (primary N) is 1. The maximum Gasteiger partial charge on any atom is 0.349 e. The maximum absolute atomic E-state index is 14.3.